The fourth-order valence-corrected chi connectivity index (χ4v) is 2.39. The van der Waals surface area contributed by atoms with Gasteiger partial charge in [-0.15, -0.1) is 0 Å². The number of hydrogen-bond acceptors (Lipinski definition) is 4. The van der Waals surface area contributed by atoms with Gasteiger partial charge in [0.2, 0.25) is 0 Å². The first-order valence-electron chi connectivity index (χ1n) is 7.07. The monoisotopic (exact) mass is 295 g/mol. The van der Waals surface area contributed by atoms with Crippen molar-refractivity contribution < 1.29 is 9.15 Å². The van der Waals surface area contributed by atoms with E-state index in [0.29, 0.717) is 12.1 Å². The van der Waals surface area contributed by atoms with Crippen molar-refractivity contribution in [2.75, 3.05) is 12.4 Å². The Kier molecular flexibility index (Phi) is 3.83. The molecule has 3 rings (SSSR count). The van der Waals surface area contributed by atoms with Gasteiger partial charge >= 0.3 is 5.63 Å². The second-order valence-electron chi connectivity index (χ2n) is 5.17. The predicted octanol–water partition coefficient (Wildman–Crippen LogP) is 3.72. The van der Waals surface area contributed by atoms with Gasteiger partial charge in [0.25, 0.3) is 0 Å². The predicted molar refractivity (Wildman–Crippen MR) is 87.5 cm³/mol. The maximum Gasteiger partial charge on any atom is 0.336 e. The van der Waals surface area contributed by atoms with E-state index >= 15 is 0 Å². The topological polar surface area (TPSA) is 51.5 Å². The Hall–Kier alpha value is -2.75. The molecule has 0 saturated carbocycles. The van der Waals surface area contributed by atoms with Crippen LogP contribution in [0.3, 0.4) is 0 Å². The number of ether oxygens (including phenoxy) is 1. The largest absolute Gasteiger partial charge is 0.497 e. The minimum atomic E-state index is -0.329. The van der Waals surface area contributed by atoms with Crippen LogP contribution in [0.2, 0.25) is 0 Å². The van der Waals surface area contributed by atoms with Gasteiger partial charge in [0.1, 0.15) is 11.3 Å². The summed E-state index contributed by atoms with van der Waals surface area (Å²) in [6.07, 6.45) is 0. The Morgan fingerprint density at radius 3 is 2.59 bits per heavy atom. The van der Waals surface area contributed by atoms with E-state index in [1.165, 1.54) is 6.07 Å². The highest BCUT2D eigenvalue weighted by Crippen LogP contribution is 2.20. The standard InChI is InChI=1S/C18H17NO3/c1-12-3-8-16-13(10-18(20)22-17(16)9-12)11-19-14-4-6-15(21-2)7-5-14/h3-10,19H,11H2,1-2H3. The van der Waals surface area contributed by atoms with Crippen LogP contribution in [0.1, 0.15) is 11.1 Å². The Morgan fingerprint density at radius 2 is 1.86 bits per heavy atom. The highest BCUT2D eigenvalue weighted by molar-refractivity contribution is 5.81. The molecule has 112 valence electrons. The molecule has 4 heteroatoms. The normalized spacial score (nSPS) is 10.6. The van der Waals surface area contributed by atoms with E-state index < -0.39 is 0 Å². The van der Waals surface area contributed by atoms with Gasteiger partial charge < -0.3 is 14.5 Å². The molecule has 4 nitrogen and oxygen atoms in total. The number of fused-ring (bicyclic) bond motifs is 1. The number of aryl methyl sites for hydroxylation is 1. The van der Waals surface area contributed by atoms with Gasteiger partial charge in [0, 0.05) is 23.7 Å². The molecule has 0 unspecified atom stereocenters. The average Bonchev–Trinajstić information content (AvgIpc) is 2.52. The summed E-state index contributed by atoms with van der Waals surface area (Å²) in [4.78, 5) is 11.7. The first-order chi connectivity index (χ1) is 10.7. The third kappa shape index (κ3) is 2.96. The van der Waals surface area contributed by atoms with E-state index in [4.69, 9.17) is 9.15 Å². The second-order valence-corrected chi connectivity index (χ2v) is 5.17. The molecule has 3 aromatic rings. The molecule has 0 aliphatic rings. The van der Waals surface area contributed by atoms with E-state index in [9.17, 15) is 4.79 Å². The van der Waals surface area contributed by atoms with Crippen LogP contribution < -0.4 is 15.7 Å². The summed E-state index contributed by atoms with van der Waals surface area (Å²) in [5.74, 6) is 0.812. The quantitative estimate of drug-likeness (QED) is 0.745. The molecule has 1 N–H and O–H groups in total. The van der Waals surface area contributed by atoms with Gasteiger partial charge in [0.05, 0.1) is 7.11 Å². The van der Waals surface area contributed by atoms with Crippen LogP contribution in [0.25, 0.3) is 11.0 Å². The van der Waals surface area contributed by atoms with Crippen molar-refractivity contribution in [1.29, 1.82) is 0 Å². The molecule has 0 radical (unpaired) electrons. The summed E-state index contributed by atoms with van der Waals surface area (Å²) in [5.41, 5.74) is 3.25. The Bertz CT molecular complexity index is 850. The van der Waals surface area contributed by atoms with Crippen molar-refractivity contribution in [3.05, 3.63) is 70.1 Å². The zero-order valence-corrected chi connectivity index (χ0v) is 12.6. The van der Waals surface area contributed by atoms with E-state index in [1.54, 1.807) is 7.11 Å². The number of methoxy groups -OCH3 is 1. The van der Waals surface area contributed by atoms with Gasteiger partial charge in [-0.3, -0.25) is 0 Å². The summed E-state index contributed by atoms with van der Waals surface area (Å²) < 4.78 is 10.4. The molecule has 0 spiro atoms. The molecule has 0 atom stereocenters. The van der Waals surface area contributed by atoms with Crippen molar-refractivity contribution in [2.24, 2.45) is 0 Å². The van der Waals surface area contributed by atoms with Crippen LogP contribution >= 0.6 is 0 Å². The van der Waals surface area contributed by atoms with Crippen LogP contribution in [-0.4, -0.2) is 7.11 Å². The molecule has 0 amide bonds. The lowest BCUT2D eigenvalue weighted by molar-refractivity contribution is 0.415. The highest BCUT2D eigenvalue weighted by atomic mass is 16.5. The molecule has 0 fully saturated rings. The summed E-state index contributed by atoms with van der Waals surface area (Å²) in [6, 6.07) is 15.1. The maximum atomic E-state index is 11.7. The van der Waals surface area contributed by atoms with E-state index in [1.807, 2.05) is 49.4 Å². The van der Waals surface area contributed by atoms with Crippen LogP contribution in [0.5, 0.6) is 5.75 Å². The zero-order chi connectivity index (χ0) is 15.5. The fourth-order valence-electron chi connectivity index (χ4n) is 2.39. The zero-order valence-electron chi connectivity index (χ0n) is 12.6. The molecule has 22 heavy (non-hydrogen) atoms. The minimum Gasteiger partial charge on any atom is -0.497 e. The Labute approximate surface area is 128 Å². The SMILES string of the molecule is COc1ccc(NCc2cc(=O)oc3cc(C)ccc23)cc1. The lowest BCUT2D eigenvalue weighted by Crippen LogP contribution is -2.05. The Morgan fingerprint density at radius 1 is 1.09 bits per heavy atom. The maximum absolute atomic E-state index is 11.7. The van der Waals surface area contributed by atoms with Gasteiger partial charge in [-0.1, -0.05) is 12.1 Å². The van der Waals surface area contributed by atoms with Crippen molar-refractivity contribution in [3.8, 4) is 5.75 Å². The third-order valence-electron chi connectivity index (χ3n) is 3.56. The van der Waals surface area contributed by atoms with Gasteiger partial charge in [-0.2, -0.15) is 0 Å². The smallest absolute Gasteiger partial charge is 0.336 e. The second kappa shape index (κ2) is 5.93. The lowest BCUT2D eigenvalue weighted by atomic mass is 10.1. The molecule has 2 aromatic carbocycles. The lowest BCUT2D eigenvalue weighted by Gasteiger charge is -2.09. The average molecular weight is 295 g/mol. The third-order valence-corrected chi connectivity index (χ3v) is 3.56. The van der Waals surface area contributed by atoms with Crippen LogP contribution in [-0.2, 0) is 6.54 Å². The molecule has 0 saturated heterocycles. The summed E-state index contributed by atoms with van der Waals surface area (Å²) in [7, 11) is 1.64. The molecular weight excluding hydrogens is 278 g/mol. The van der Waals surface area contributed by atoms with E-state index in [0.717, 1.165) is 28.0 Å². The first-order valence-corrected chi connectivity index (χ1v) is 7.07. The number of rotatable bonds is 4. The molecule has 0 bridgehead atoms. The van der Waals surface area contributed by atoms with Crippen LogP contribution in [0.4, 0.5) is 5.69 Å². The van der Waals surface area contributed by atoms with Gasteiger partial charge in [-0.05, 0) is 48.4 Å². The summed E-state index contributed by atoms with van der Waals surface area (Å²) in [5, 5.41) is 4.26. The molecule has 0 aliphatic heterocycles. The highest BCUT2D eigenvalue weighted by Gasteiger charge is 2.06. The summed E-state index contributed by atoms with van der Waals surface area (Å²) in [6.45, 7) is 2.53. The summed E-state index contributed by atoms with van der Waals surface area (Å²) >= 11 is 0. The molecule has 0 aliphatic carbocycles. The number of hydrogen-bond donors (Lipinski definition) is 1. The number of anilines is 1. The number of nitrogens with one attached hydrogen (secondary N) is 1. The van der Waals surface area contributed by atoms with Crippen LogP contribution in [0.15, 0.2) is 57.7 Å². The number of benzene rings is 2. The van der Waals surface area contributed by atoms with Gasteiger partial charge in [-0.25, -0.2) is 4.79 Å². The van der Waals surface area contributed by atoms with Gasteiger partial charge in [0.15, 0.2) is 0 Å². The van der Waals surface area contributed by atoms with Crippen molar-refractivity contribution in [2.45, 2.75) is 13.5 Å². The van der Waals surface area contributed by atoms with Crippen molar-refractivity contribution in [1.82, 2.24) is 0 Å². The fraction of sp³-hybridized carbons (Fsp3) is 0.167. The molecule has 1 heterocycles. The molecular formula is C18H17NO3. The Balaban J connectivity index is 1.88. The van der Waals surface area contributed by atoms with Crippen LogP contribution in [0, 0.1) is 6.92 Å². The van der Waals surface area contributed by atoms with Crippen molar-refractivity contribution in [3.63, 3.8) is 0 Å². The van der Waals surface area contributed by atoms with E-state index in [2.05, 4.69) is 5.32 Å². The van der Waals surface area contributed by atoms with Crippen molar-refractivity contribution >= 4 is 16.7 Å². The minimum absolute atomic E-state index is 0.329. The van der Waals surface area contributed by atoms with E-state index in [-0.39, 0.29) is 5.63 Å². The first kappa shape index (κ1) is 14.2. The molecule has 1 aromatic heterocycles.